The Morgan fingerprint density at radius 2 is 1.92 bits per heavy atom. The molecule has 1 unspecified atom stereocenters. The lowest BCUT2D eigenvalue weighted by Gasteiger charge is -2.23. The minimum atomic E-state index is -1.25. The Bertz CT molecular complexity index is 1270. The van der Waals surface area contributed by atoms with E-state index in [4.69, 9.17) is 20.3 Å². The fourth-order valence-corrected chi connectivity index (χ4v) is 4.02. The summed E-state index contributed by atoms with van der Waals surface area (Å²) in [6.45, 7) is 4.04. The first-order chi connectivity index (χ1) is 17.4. The van der Waals surface area contributed by atoms with Crippen LogP contribution in [-0.2, 0) is 16.2 Å². The zero-order valence-electron chi connectivity index (χ0n) is 19.9. The van der Waals surface area contributed by atoms with Crippen molar-refractivity contribution in [2.75, 3.05) is 18.8 Å². The largest absolute Gasteiger partial charge is 0.488 e. The zero-order chi connectivity index (χ0) is 25.5. The molecule has 0 saturated carbocycles. The zero-order valence-corrected chi connectivity index (χ0v) is 19.9. The van der Waals surface area contributed by atoms with Gasteiger partial charge in [0, 0.05) is 24.6 Å². The number of anilines is 1. The minimum absolute atomic E-state index is 0.101. The SMILES string of the molecule is Cc1ccc(COc2cccc(OC(=O)C=CC(=O)O)c2-c2cc(C3CCCNC3)nc(N)n2)cc1. The smallest absolute Gasteiger partial charge is 0.336 e. The van der Waals surface area contributed by atoms with Crippen molar-refractivity contribution >= 4 is 17.9 Å². The highest BCUT2D eigenvalue weighted by atomic mass is 16.5. The number of rotatable bonds is 8. The topological polar surface area (TPSA) is 137 Å². The van der Waals surface area contributed by atoms with Gasteiger partial charge in [-0.05, 0) is 50.1 Å². The summed E-state index contributed by atoms with van der Waals surface area (Å²) in [5, 5.41) is 12.2. The van der Waals surface area contributed by atoms with Gasteiger partial charge in [0.2, 0.25) is 5.95 Å². The van der Waals surface area contributed by atoms with Crippen molar-refractivity contribution in [3.05, 3.63) is 77.5 Å². The van der Waals surface area contributed by atoms with Gasteiger partial charge in [-0.1, -0.05) is 35.9 Å². The van der Waals surface area contributed by atoms with Crippen molar-refractivity contribution in [1.82, 2.24) is 15.3 Å². The van der Waals surface area contributed by atoms with Crippen LogP contribution in [0.1, 0.15) is 35.6 Å². The molecule has 4 N–H and O–H groups in total. The van der Waals surface area contributed by atoms with Crippen LogP contribution in [-0.4, -0.2) is 40.1 Å². The maximum atomic E-state index is 12.3. The Hall–Kier alpha value is -4.24. The van der Waals surface area contributed by atoms with Gasteiger partial charge in [-0.3, -0.25) is 0 Å². The first-order valence-electron chi connectivity index (χ1n) is 11.7. The number of carboxylic acid groups (broad SMARTS) is 1. The summed E-state index contributed by atoms with van der Waals surface area (Å²) in [6, 6.07) is 14.8. The Morgan fingerprint density at radius 1 is 1.14 bits per heavy atom. The third-order valence-corrected chi connectivity index (χ3v) is 5.81. The van der Waals surface area contributed by atoms with Crippen LogP contribution in [0.4, 0.5) is 5.95 Å². The van der Waals surface area contributed by atoms with E-state index in [0.717, 1.165) is 54.9 Å². The third-order valence-electron chi connectivity index (χ3n) is 5.81. The fourth-order valence-electron chi connectivity index (χ4n) is 4.02. The van der Waals surface area contributed by atoms with E-state index >= 15 is 0 Å². The number of nitrogens with one attached hydrogen (secondary N) is 1. The van der Waals surface area contributed by atoms with Crippen LogP contribution in [0.25, 0.3) is 11.3 Å². The number of carbonyl (C=O) groups excluding carboxylic acids is 1. The summed E-state index contributed by atoms with van der Waals surface area (Å²) in [5.74, 6) is -1.21. The molecule has 9 nitrogen and oxygen atoms in total. The molecular weight excluding hydrogens is 460 g/mol. The van der Waals surface area contributed by atoms with Gasteiger partial charge in [-0.2, -0.15) is 0 Å². The predicted octanol–water partition coefficient (Wildman–Crippen LogP) is 3.63. The molecule has 36 heavy (non-hydrogen) atoms. The number of esters is 1. The molecule has 0 aliphatic carbocycles. The van der Waals surface area contributed by atoms with Crippen molar-refractivity contribution in [1.29, 1.82) is 0 Å². The van der Waals surface area contributed by atoms with Gasteiger partial charge in [0.25, 0.3) is 0 Å². The highest BCUT2D eigenvalue weighted by Crippen LogP contribution is 2.39. The van der Waals surface area contributed by atoms with E-state index in [1.807, 2.05) is 37.3 Å². The number of benzene rings is 2. The van der Waals surface area contributed by atoms with Crippen LogP contribution in [0, 0.1) is 6.92 Å². The molecule has 1 aliphatic rings. The van der Waals surface area contributed by atoms with Crippen molar-refractivity contribution in [2.24, 2.45) is 0 Å². The summed E-state index contributed by atoms with van der Waals surface area (Å²) in [5.41, 5.74) is 9.88. The van der Waals surface area contributed by atoms with E-state index < -0.39 is 11.9 Å². The Morgan fingerprint density at radius 3 is 2.64 bits per heavy atom. The number of aromatic nitrogens is 2. The van der Waals surface area contributed by atoms with Crippen LogP contribution in [0.5, 0.6) is 11.5 Å². The molecule has 2 heterocycles. The van der Waals surface area contributed by atoms with Gasteiger partial charge in [-0.15, -0.1) is 0 Å². The number of hydrogen-bond donors (Lipinski definition) is 3. The average Bonchev–Trinajstić information content (AvgIpc) is 2.87. The molecule has 0 amide bonds. The first-order valence-corrected chi connectivity index (χ1v) is 11.7. The molecule has 4 rings (SSSR count). The molecule has 1 fully saturated rings. The number of nitrogens with two attached hydrogens (primary N) is 1. The van der Waals surface area contributed by atoms with Crippen LogP contribution >= 0.6 is 0 Å². The lowest BCUT2D eigenvalue weighted by molar-refractivity contribution is -0.133. The summed E-state index contributed by atoms with van der Waals surface area (Å²) < 4.78 is 11.6. The van der Waals surface area contributed by atoms with Crippen LogP contribution in [0.3, 0.4) is 0 Å². The number of aryl methyl sites for hydroxylation is 1. The van der Waals surface area contributed by atoms with Crippen molar-refractivity contribution in [3.8, 4) is 22.8 Å². The molecule has 1 aliphatic heterocycles. The number of piperidine rings is 1. The first kappa shape index (κ1) is 24.9. The lowest BCUT2D eigenvalue weighted by atomic mass is 9.94. The molecule has 1 aromatic heterocycles. The van der Waals surface area contributed by atoms with Gasteiger partial charge < -0.3 is 25.6 Å². The Kier molecular flexibility index (Phi) is 7.92. The van der Waals surface area contributed by atoms with Crippen molar-refractivity contribution in [3.63, 3.8) is 0 Å². The molecule has 0 radical (unpaired) electrons. The molecule has 3 aromatic rings. The summed E-state index contributed by atoms with van der Waals surface area (Å²) >= 11 is 0. The maximum absolute atomic E-state index is 12.3. The molecule has 2 aromatic carbocycles. The predicted molar refractivity (Wildman–Crippen MR) is 135 cm³/mol. The minimum Gasteiger partial charge on any atom is -0.488 e. The van der Waals surface area contributed by atoms with E-state index in [1.165, 1.54) is 0 Å². The number of aliphatic carboxylic acids is 1. The van der Waals surface area contributed by atoms with Gasteiger partial charge in [-0.25, -0.2) is 19.6 Å². The van der Waals surface area contributed by atoms with Gasteiger partial charge in [0.15, 0.2) is 0 Å². The summed E-state index contributed by atoms with van der Waals surface area (Å²) in [6.07, 6.45) is 3.56. The number of ether oxygens (including phenoxy) is 2. The van der Waals surface area contributed by atoms with Crippen LogP contribution in [0.2, 0.25) is 0 Å². The second-order valence-electron chi connectivity index (χ2n) is 8.58. The van der Waals surface area contributed by atoms with E-state index in [1.54, 1.807) is 18.2 Å². The summed E-state index contributed by atoms with van der Waals surface area (Å²) in [7, 11) is 0. The highest BCUT2D eigenvalue weighted by Gasteiger charge is 2.22. The monoisotopic (exact) mass is 488 g/mol. The molecule has 1 atom stereocenters. The van der Waals surface area contributed by atoms with Crippen molar-refractivity contribution < 1.29 is 24.2 Å². The second kappa shape index (κ2) is 11.5. The molecule has 9 heteroatoms. The van der Waals surface area contributed by atoms with E-state index in [0.29, 0.717) is 17.0 Å². The van der Waals surface area contributed by atoms with Gasteiger partial charge in [0.05, 0.1) is 17.0 Å². The van der Waals surface area contributed by atoms with Crippen molar-refractivity contribution in [2.45, 2.75) is 32.3 Å². The standard InChI is InChI=1S/C27H28N4O5/c1-17-7-9-18(10-8-17)16-35-22-5-2-6-23(36-25(34)12-11-24(32)33)26(22)21-14-20(30-27(28)31-21)19-4-3-13-29-15-19/h2,5-12,14,19,29H,3-4,13,15-16H2,1H3,(H,32,33)(H2,28,30,31). The van der Waals surface area contributed by atoms with Gasteiger partial charge >= 0.3 is 11.9 Å². The molecule has 1 saturated heterocycles. The Labute approximate surface area is 209 Å². The molecule has 0 bridgehead atoms. The number of hydrogen-bond acceptors (Lipinski definition) is 8. The number of nitrogen functional groups attached to an aromatic ring is 1. The lowest BCUT2D eigenvalue weighted by Crippen LogP contribution is -2.29. The average molecular weight is 489 g/mol. The normalized spacial score (nSPS) is 15.5. The van der Waals surface area contributed by atoms with Crippen LogP contribution < -0.4 is 20.5 Å². The third kappa shape index (κ3) is 6.45. The van der Waals surface area contributed by atoms with Gasteiger partial charge in [0.1, 0.15) is 18.1 Å². The highest BCUT2D eigenvalue weighted by molar-refractivity contribution is 5.92. The number of nitrogens with zero attached hydrogens (tertiary/aromatic N) is 2. The Balaban J connectivity index is 1.73. The number of carboxylic acids is 1. The van der Waals surface area contributed by atoms with E-state index in [9.17, 15) is 9.59 Å². The van der Waals surface area contributed by atoms with E-state index in [-0.39, 0.29) is 24.2 Å². The molecular formula is C27H28N4O5. The molecule has 186 valence electrons. The summed E-state index contributed by atoms with van der Waals surface area (Å²) in [4.78, 5) is 32.0. The van der Waals surface area contributed by atoms with Crippen LogP contribution in [0.15, 0.2) is 60.7 Å². The number of carbonyl (C=O) groups is 2. The van der Waals surface area contributed by atoms with E-state index in [2.05, 4.69) is 15.3 Å². The fraction of sp³-hybridized carbons (Fsp3) is 0.259. The quantitative estimate of drug-likeness (QED) is 0.247. The molecule has 0 spiro atoms. The second-order valence-corrected chi connectivity index (χ2v) is 8.58. The maximum Gasteiger partial charge on any atom is 0.336 e.